The summed E-state index contributed by atoms with van der Waals surface area (Å²) in [4.78, 5) is 17.9. The van der Waals surface area contributed by atoms with Crippen molar-refractivity contribution in [2.75, 3.05) is 13.1 Å². The number of halogens is 3. The van der Waals surface area contributed by atoms with Gasteiger partial charge in [0.05, 0.1) is 5.02 Å². The van der Waals surface area contributed by atoms with Crippen molar-refractivity contribution in [1.82, 2.24) is 9.88 Å². The zero-order valence-electron chi connectivity index (χ0n) is 18.9. The number of aromatic nitrogens is 1. The number of benzene rings is 1. The third kappa shape index (κ3) is 5.04. The smallest absolute Gasteiger partial charge is 0.253 e. The van der Waals surface area contributed by atoms with E-state index in [1.54, 1.807) is 12.1 Å². The molecule has 27 heavy (non-hydrogen) atoms. The van der Waals surface area contributed by atoms with Gasteiger partial charge in [-0.1, -0.05) is 17.7 Å². The van der Waals surface area contributed by atoms with Crippen LogP contribution >= 0.6 is 11.6 Å². The van der Waals surface area contributed by atoms with E-state index in [9.17, 15) is 9.18 Å². The fraction of sp³-hybridized carbons (Fsp3) is 0.429. The zero-order chi connectivity index (χ0) is 23.0. The van der Waals surface area contributed by atoms with Crippen LogP contribution in [0.4, 0.5) is 8.78 Å². The number of hydrogen-bond donors (Lipinski definition) is 0. The maximum Gasteiger partial charge on any atom is 0.253 e. The van der Waals surface area contributed by atoms with Crippen LogP contribution in [0, 0.1) is 12.7 Å². The van der Waals surface area contributed by atoms with Crippen molar-refractivity contribution in [3.63, 3.8) is 0 Å². The topological polar surface area (TPSA) is 33.2 Å². The molecule has 0 spiro atoms. The molecule has 1 aromatic carbocycles. The standard InChI is InChI=1S/C21H23ClF2N2O/c1-15-4-6-17(25-14-15)3-2-8-21(24)9-11-26(12-10-21)20(27)16-5-7-19(23)18(22)13-16/h4-7,13-14H,2-3,8-12H2,1H3/i3D2,9D2. The van der Waals surface area contributed by atoms with Crippen LogP contribution in [-0.2, 0) is 6.37 Å². The van der Waals surface area contributed by atoms with E-state index in [-0.39, 0.29) is 42.1 Å². The van der Waals surface area contributed by atoms with Crippen molar-refractivity contribution < 1.29 is 19.1 Å². The van der Waals surface area contributed by atoms with Crippen LogP contribution < -0.4 is 0 Å². The van der Waals surface area contributed by atoms with Crippen LogP contribution in [-0.4, -0.2) is 34.5 Å². The summed E-state index contributed by atoms with van der Waals surface area (Å²) < 4.78 is 62.0. The first-order valence-electron chi connectivity index (χ1n) is 10.7. The Morgan fingerprint density at radius 2 is 2.22 bits per heavy atom. The van der Waals surface area contributed by atoms with Crippen LogP contribution in [0.15, 0.2) is 36.5 Å². The maximum absolute atomic E-state index is 15.6. The van der Waals surface area contributed by atoms with Crippen molar-refractivity contribution >= 4 is 17.5 Å². The molecule has 0 N–H and O–H groups in total. The molecule has 2 heterocycles. The lowest BCUT2D eigenvalue weighted by atomic mass is 9.87. The summed E-state index contributed by atoms with van der Waals surface area (Å²) >= 11 is 5.72. The Bertz CT molecular complexity index is 974. The number of hydrogen-bond acceptors (Lipinski definition) is 2. The molecule has 0 radical (unpaired) electrons. The molecule has 6 heteroatoms. The number of alkyl halides is 1. The van der Waals surface area contributed by atoms with Crippen LogP contribution in [0.5, 0.6) is 0 Å². The predicted octanol–water partition coefficient (Wildman–Crippen LogP) is 5.15. The number of rotatable bonds is 5. The Hall–Kier alpha value is -2.01. The van der Waals surface area contributed by atoms with Gasteiger partial charge in [-0.2, -0.15) is 0 Å². The average molecular weight is 397 g/mol. The van der Waals surface area contributed by atoms with E-state index in [2.05, 4.69) is 4.98 Å². The third-order valence-electron chi connectivity index (χ3n) is 4.56. The van der Waals surface area contributed by atoms with E-state index in [0.29, 0.717) is 0 Å². The van der Waals surface area contributed by atoms with Gasteiger partial charge in [-0.15, -0.1) is 0 Å². The summed E-state index contributed by atoms with van der Waals surface area (Å²) in [6, 6.07) is 6.73. The third-order valence-corrected chi connectivity index (χ3v) is 4.85. The van der Waals surface area contributed by atoms with E-state index < -0.39 is 36.7 Å². The van der Waals surface area contributed by atoms with Crippen molar-refractivity contribution in [2.24, 2.45) is 0 Å². The molecule has 1 aliphatic heterocycles. The molecule has 0 saturated carbocycles. The quantitative estimate of drug-likeness (QED) is 0.700. The molecule has 1 aromatic heterocycles. The molecule has 1 unspecified atom stereocenters. The highest BCUT2D eigenvalue weighted by atomic mass is 35.5. The monoisotopic (exact) mass is 396 g/mol. The minimum atomic E-state index is -2.39. The normalized spacial score (nSPS) is 24.5. The van der Waals surface area contributed by atoms with E-state index >= 15 is 4.39 Å². The lowest BCUT2D eigenvalue weighted by molar-refractivity contribution is 0.0389. The molecule has 0 bridgehead atoms. The maximum atomic E-state index is 15.6. The molecule has 1 aliphatic rings. The van der Waals surface area contributed by atoms with Gasteiger partial charge in [0.25, 0.3) is 5.91 Å². The molecule has 2 aromatic rings. The first kappa shape index (κ1) is 15.0. The number of pyridine rings is 1. The highest BCUT2D eigenvalue weighted by Gasteiger charge is 2.35. The average Bonchev–Trinajstić information content (AvgIpc) is 2.70. The van der Waals surface area contributed by atoms with Crippen molar-refractivity contribution in [3.05, 3.63) is 64.2 Å². The summed E-state index contributed by atoms with van der Waals surface area (Å²) in [5, 5.41) is -0.224. The first-order valence-corrected chi connectivity index (χ1v) is 9.09. The first-order chi connectivity index (χ1) is 14.3. The molecule has 0 aliphatic carbocycles. The van der Waals surface area contributed by atoms with Crippen LogP contribution in [0.2, 0.25) is 5.02 Å². The Balaban J connectivity index is 1.70. The van der Waals surface area contributed by atoms with Gasteiger partial charge in [0.2, 0.25) is 0 Å². The Kier molecular flexibility index (Phi) is 4.63. The van der Waals surface area contributed by atoms with Gasteiger partial charge < -0.3 is 4.90 Å². The van der Waals surface area contributed by atoms with Gasteiger partial charge in [-0.05, 0) is 68.8 Å². The number of carbonyl (C=O) groups is 1. The summed E-state index contributed by atoms with van der Waals surface area (Å²) in [5.41, 5.74) is -1.17. The highest BCUT2D eigenvalue weighted by Crippen LogP contribution is 2.32. The van der Waals surface area contributed by atoms with Gasteiger partial charge in [-0.25, -0.2) is 8.78 Å². The van der Waals surface area contributed by atoms with E-state index in [0.717, 1.165) is 17.7 Å². The Morgan fingerprint density at radius 1 is 1.41 bits per heavy atom. The summed E-state index contributed by atoms with van der Waals surface area (Å²) in [7, 11) is 0. The largest absolute Gasteiger partial charge is 0.338 e. The highest BCUT2D eigenvalue weighted by molar-refractivity contribution is 6.31. The van der Waals surface area contributed by atoms with Crippen LogP contribution in [0.25, 0.3) is 0 Å². The molecular formula is C21H23ClF2N2O. The molecule has 1 atom stereocenters. The summed E-state index contributed by atoms with van der Waals surface area (Å²) in [5.74, 6) is -1.24. The number of piperidine rings is 1. The minimum absolute atomic E-state index is 0.0460. The molecule has 1 fully saturated rings. The van der Waals surface area contributed by atoms with Gasteiger partial charge in [0, 0.05) is 36.0 Å². The van der Waals surface area contributed by atoms with E-state index in [1.807, 2.05) is 6.92 Å². The van der Waals surface area contributed by atoms with Gasteiger partial charge >= 0.3 is 0 Å². The fourth-order valence-electron chi connectivity index (χ4n) is 2.88. The number of nitrogens with zero attached hydrogens (tertiary/aromatic N) is 2. The van der Waals surface area contributed by atoms with Crippen molar-refractivity contribution in [2.45, 2.75) is 44.6 Å². The van der Waals surface area contributed by atoms with Gasteiger partial charge in [0.1, 0.15) is 11.5 Å². The second-order valence-corrected chi connectivity index (χ2v) is 7.05. The molecule has 1 saturated heterocycles. The van der Waals surface area contributed by atoms with Gasteiger partial charge in [0.15, 0.2) is 0 Å². The molecule has 1 amide bonds. The predicted molar refractivity (Wildman–Crippen MR) is 102 cm³/mol. The van der Waals surface area contributed by atoms with Crippen LogP contribution in [0.3, 0.4) is 0 Å². The summed E-state index contributed by atoms with van der Waals surface area (Å²) in [6.45, 7) is 1.28. The minimum Gasteiger partial charge on any atom is -0.338 e. The second-order valence-electron chi connectivity index (χ2n) is 6.65. The van der Waals surface area contributed by atoms with Crippen LogP contribution in [0.1, 0.15) is 52.7 Å². The SMILES string of the molecule is [2H]C([2H])(CCC1(F)CCN(C(=O)c2ccc(F)c(Cl)c2)CC1([2H])[2H])c1ccc(C)cn1. The number of likely N-dealkylation sites (tertiary alicyclic amines) is 1. The Labute approximate surface area is 169 Å². The fourth-order valence-corrected chi connectivity index (χ4v) is 3.06. The lowest BCUT2D eigenvalue weighted by Crippen LogP contribution is -2.44. The van der Waals surface area contributed by atoms with Crippen molar-refractivity contribution in [1.29, 1.82) is 0 Å². The lowest BCUT2D eigenvalue weighted by Gasteiger charge is -2.36. The molecule has 3 nitrogen and oxygen atoms in total. The molecule has 144 valence electrons. The van der Waals surface area contributed by atoms with E-state index in [1.165, 1.54) is 17.2 Å². The second kappa shape index (κ2) is 8.34. The number of aryl methyl sites for hydroxylation is 2. The molecule has 3 rings (SSSR count). The Morgan fingerprint density at radius 3 is 2.89 bits per heavy atom. The zero-order valence-corrected chi connectivity index (χ0v) is 15.7. The number of amides is 1. The summed E-state index contributed by atoms with van der Waals surface area (Å²) in [6.07, 6.45) is -3.66. The molecular weight excluding hydrogens is 370 g/mol. The number of carbonyl (C=O) groups excluding carboxylic acids is 1. The van der Waals surface area contributed by atoms with E-state index in [4.69, 9.17) is 17.1 Å². The van der Waals surface area contributed by atoms with Crippen molar-refractivity contribution in [3.8, 4) is 0 Å². The van der Waals surface area contributed by atoms with Gasteiger partial charge in [-0.3, -0.25) is 9.78 Å².